The average Bonchev–Trinajstić information content (AvgIpc) is 2.54. The van der Waals surface area contributed by atoms with E-state index in [2.05, 4.69) is 33.8 Å². The first-order chi connectivity index (χ1) is 8.45. The highest BCUT2D eigenvalue weighted by Gasteiger charge is 2.25. The van der Waals surface area contributed by atoms with Gasteiger partial charge in [-0.1, -0.05) is 42.3 Å². The van der Waals surface area contributed by atoms with Crippen LogP contribution in [0.1, 0.15) is 50.5 Å². The molecule has 0 radical (unpaired) electrons. The van der Waals surface area contributed by atoms with Crippen molar-refractivity contribution >= 4 is 11.4 Å². The Morgan fingerprint density at radius 1 is 1.06 bits per heavy atom. The van der Waals surface area contributed by atoms with E-state index in [1.165, 1.54) is 22.3 Å². The van der Waals surface area contributed by atoms with E-state index in [1.54, 1.807) is 6.92 Å². The minimum Gasteiger partial charge on any atom is -0.294 e. The van der Waals surface area contributed by atoms with Gasteiger partial charge in [0, 0.05) is 5.56 Å². The second-order valence-corrected chi connectivity index (χ2v) is 5.19. The molecule has 0 spiro atoms. The first kappa shape index (κ1) is 12.8. The SMILES string of the molecule is CC(=O)c1ccccc1C1=C(C)C(C)C(C)=C1C. The largest absolute Gasteiger partial charge is 0.294 e. The van der Waals surface area contributed by atoms with E-state index in [0.29, 0.717) is 5.92 Å². The molecule has 18 heavy (non-hydrogen) atoms. The van der Waals surface area contributed by atoms with Crippen LogP contribution in [0, 0.1) is 5.92 Å². The van der Waals surface area contributed by atoms with Crippen LogP contribution in [0.25, 0.3) is 5.57 Å². The number of hydrogen-bond acceptors (Lipinski definition) is 1. The fourth-order valence-corrected chi connectivity index (χ4v) is 2.78. The molecule has 0 amide bonds. The fourth-order valence-electron chi connectivity index (χ4n) is 2.78. The van der Waals surface area contributed by atoms with Crippen LogP contribution in [-0.4, -0.2) is 5.78 Å². The Hall–Kier alpha value is -1.63. The molecule has 0 N–H and O–H groups in total. The van der Waals surface area contributed by atoms with Crippen LogP contribution in [0.2, 0.25) is 0 Å². The first-order valence-corrected chi connectivity index (χ1v) is 6.44. The second kappa shape index (κ2) is 4.56. The van der Waals surface area contributed by atoms with Crippen molar-refractivity contribution in [2.24, 2.45) is 5.92 Å². The number of hydrogen-bond donors (Lipinski definition) is 0. The Kier molecular flexibility index (Phi) is 3.25. The third kappa shape index (κ3) is 1.84. The summed E-state index contributed by atoms with van der Waals surface area (Å²) in [6.45, 7) is 10.4. The summed E-state index contributed by atoms with van der Waals surface area (Å²) in [5.41, 5.74) is 7.30. The molecule has 2 rings (SSSR count). The quantitative estimate of drug-likeness (QED) is 0.688. The van der Waals surface area contributed by atoms with Gasteiger partial charge in [-0.3, -0.25) is 4.79 Å². The van der Waals surface area contributed by atoms with Crippen LogP contribution in [0.4, 0.5) is 0 Å². The summed E-state index contributed by atoms with van der Waals surface area (Å²) in [5, 5.41) is 0. The molecular weight excluding hydrogens is 220 g/mol. The zero-order chi connectivity index (χ0) is 13.4. The zero-order valence-corrected chi connectivity index (χ0v) is 11.8. The van der Waals surface area contributed by atoms with Crippen molar-refractivity contribution < 1.29 is 4.79 Å². The van der Waals surface area contributed by atoms with Crippen molar-refractivity contribution in [1.29, 1.82) is 0 Å². The topological polar surface area (TPSA) is 17.1 Å². The van der Waals surface area contributed by atoms with Crippen LogP contribution in [0.5, 0.6) is 0 Å². The minimum absolute atomic E-state index is 0.135. The summed E-state index contributed by atoms with van der Waals surface area (Å²) < 4.78 is 0. The molecule has 0 aliphatic heterocycles. The molecule has 1 aromatic carbocycles. The monoisotopic (exact) mass is 240 g/mol. The van der Waals surface area contributed by atoms with Gasteiger partial charge in [0.1, 0.15) is 0 Å². The molecule has 0 aromatic heterocycles. The summed E-state index contributed by atoms with van der Waals surface area (Å²) in [5.74, 6) is 0.621. The number of allylic oxidation sites excluding steroid dienone is 4. The summed E-state index contributed by atoms with van der Waals surface area (Å²) in [4.78, 5) is 11.8. The Morgan fingerprint density at radius 2 is 1.67 bits per heavy atom. The van der Waals surface area contributed by atoms with Gasteiger partial charge in [-0.05, 0) is 50.3 Å². The van der Waals surface area contributed by atoms with Crippen LogP contribution in [0.15, 0.2) is 41.0 Å². The van der Waals surface area contributed by atoms with E-state index in [0.717, 1.165) is 11.1 Å². The van der Waals surface area contributed by atoms with E-state index in [9.17, 15) is 4.79 Å². The standard InChI is InChI=1S/C17H20O/c1-10-11(2)13(4)17(12(10)3)16-9-7-6-8-15(16)14(5)18/h6-10H,1-5H3. The van der Waals surface area contributed by atoms with Crippen molar-refractivity contribution in [2.45, 2.75) is 34.6 Å². The van der Waals surface area contributed by atoms with Gasteiger partial charge >= 0.3 is 0 Å². The van der Waals surface area contributed by atoms with Gasteiger partial charge in [-0.15, -0.1) is 0 Å². The normalized spacial score (nSPS) is 19.7. The minimum atomic E-state index is 0.135. The van der Waals surface area contributed by atoms with Crippen molar-refractivity contribution in [2.75, 3.05) is 0 Å². The Labute approximate surface area is 109 Å². The van der Waals surface area contributed by atoms with Gasteiger partial charge in [0.15, 0.2) is 5.78 Å². The highest BCUT2D eigenvalue weighted by molar-refractivity contribution is 6.02. The number of ketones is 1. The lowest BCUT2D eigenvalue weighted by Crippen LogP contribution is -2.00. The van der Waals surface area contributed by atoms with Crippen molar-refractivity contribution in [1.82, 2.24) is 0 Å². The highest BCUT2D eigenvalue weighted by Crippen LogP contribution is 2.42. The molecule has 1 aromatic rings. The van der Waals surface area contributed by atoms with Crippen LogP contribution in [-0.2, 0) is 0 Å². The Balaban J connectivity index is 2.68. The van der Waals surface area contributed by atoms with Crippen LogP contribution < -0.4 is 0 Å². The zero-order valence-electron chi connectivity index (χ0n) is 11.8. The van der Waals surface area contributed by atoms with Crippen molar-refractivity contribution in [3.05, 3.63) is 52.1 Å². The number of benzene rings is 1. The maximum Gasteiger partial charge on any atom is 0.160 e. The molecule has 1 atom stereocenters. The lowest BCUT2D eigenvalue weighted by molar-refractivity contribution is 0.101. The van der Waals surface area contributed by atoms with Gasteiger partial charge in [0.2, 0.25) is 0 Å². The number of carbonyl (C=O) groups is 1. The van der Waals surface area contributed by atoms with Crippen molar-refractivity contribution in [3.63, 3.8) is 0 Å². The molecule has 1 nitrogen and oxygen atoms in total. The number of rotatable bonds is 2. The smallest absolute Gasteiger partial charge is 0.160 e. The molecule has 1 aliphatic rings. The lowest BCUT2D eigenvalue weighted by atomic mass is 9.92. The van der Waals surface area contributed by atoms with Crippen LogP contribution >= 0.6 is 0 Å². The summed E-state index contributed by atoms with van der Waals surface area (Å²) >= 11 is 0. The molecule has 1 heteroatoms. The molecule has 0 heterocycles. The lowest BCUT2D eigenvalue weighted by Gasteiger charge is -2.12. The Morgan fingerprint density at radius 3 is 2.17 bits per heavy atom. The maximum absolute atomic E-state index is 11.8. The molecular formula is C17H20O. The predicted octanol–water partition coefficient (Wildman–Crippen LogP) is 4.65. The van der Waals surface area contributed by atoms with E-state index in [4.69, 9.17) is 0 Å². The molecule has 94 valence electrons. The van der Waals surface area contributed by atoms with E-state index >= 15 is 0 Å². The molecule has 0 saturated heterocycles. The summed E-state index contributed by atoms with van der Waals surface area (Å²) in [6.07, 6.45) is 0. The number of Topliss-reactive ketones (excluding diaryl/α,β-unsaturated/α-hetero) is 1. The van der Waals surface area contributed by atoms with E-state index in [1.807, 2.05) is 18.2 Å². The predicted molar refractivity (Wildman–Crippen MR) is 76.6 cm³/mol. The highest BCUT2D eigenvalue weighted by atomic mass is 16.1. The maximum atomic E-state index is 11.8. The molecule has 0 bridgehead atoms. The average molecular weight is 240 g/mol. The Bertz CT molecular complexity index is 573. The second-order valence-electron chi connectivity index (χ2n) is 5.19. The molecule has 1 unspecified atom stereocenters. The fraction of sp³-hybridized carbons (Fsp3) is 0.353. The van der Waals surface area contributed by atoms with E-state index < -0.39 is 0 Å². The van der Waals surface area contributed by atoms with Crippen molar-refractivity contribution in [3.8, 4) is 0 Å². The molecule has 0 saturated carbocycles. The molecule has 0 fully saturated rings. The van der Waals surface area contributed by atoms with Gasteiger partial charge in [0.25, 0.3) is 0 Å². The van der Waals surface area contributed by atoms with E-state index in [-0.39, 0.29) is 5.78 Å². The van der Waals surface area contributed by atoms with Gasteiger partial charge in [-0.2, -0.15) is 0 Å². The summed E-state index contributed by atoms with van der Waals surface area (Å²) in [6, 6.07) is 7.92. The third-order valence-corrected chi connectivity index (χ3v) is 4.24. The molecule has 1 aliphatic carbocycles. The third-order valence-electron chi connectivity index (χ3n) is 4.24. The van der Waals surface area contributed by atoms with Gasteiger partial charge in [-0.25, -0.2) is 0 Å². The van der Waals surface area contributed by atoms with Gasteiger partial charge in [0.05, 0.1) is 0 Å². The van der Waals surface area contributed by atoms with Gasteiger partial charge < -0.3 is 0 Å². The van der Waals surface area contributed by atoms with Crippen LogP contribution in [0.3, 0.4) is 0 Å². The summed E-state index contributed by atoms with van der Waals surface area (Å²) in [7, 11) is 0. The number of carbonyl (C=O) groups excluding carboxylic acids is 1. The first-order valence-electron chi connectivity index (χ1n) is 6.44.